The van der Waals surface area contributed by atoms with Gasteiger partial charge in [0.15, 0.2) is 16.7 Å². The van der Waals surface area contributed by atoms with Crippen LogP contribution in [0.4, 0.5) is 5.69 Å². The number of nitro benzene ring substituents is 1. The minimum absolute atomic E-state index is 0.00563. The lowest BCUT2D eigenvalue weighted by molar-refractivity contribution is -0.384. The fraction of sp³-hybridized carbons (Fsp3) is 0.316. The van der Waals surface area contributed by atoms with E-state index >= 15 is 0 Å². The molecule has 1 amide bonds. The fourth-order valence-corrected chi connectivity index (χ4v) is 3.76. The lowest BCUT2D eigenvalue weighted by atomic mass is 10.1. The highest BCUT2D eigenvalue weighted by Gasteiger charge is 2.21. The normalized spacial score (nSPS) is 12.0. The fourth-order valence-electron chi connectivity index (χ4n) is 2.83. The van der Waals surface area contributed by atoms with Crippen molar-refractivity contribution in [2.24, 2.45) is 0 Å². The van der Waals surface area contributed by atoms with Crippen molar-refractivity contribution < 1.29 is 14.1 Å². The third-order valence-electron chi connectivity index (χ3n) is 4.64. The van der Waals surface area contributed by atoms with Gasteiger partial charge in [0, 0.05) is 25.7 Å². The molecule has 0 aliphatic heterocycles. The van der Waals surface area contributed by atoms with E-state index in [2.05, 4.69) is 10.2 Å². The first kappa shape index (κ1) is 20.6. The molecule has 0 spiro atoms. The van der Waals surface area contributed by atoms with Crippen LogP contribution in [0.1, 0.15) is 25.5 Å². The first-order chi connectivity index (χ1) is 13.9. The Morgan fingerprint density at radius 3 is 2.79 bits per heavy atom. The number of aromatic nitrogens is 3. The first-order valence-electron chi connectivity index (χ1n) is 9.02. The molecule has 29 heavy (non-hydrogen) atoms. The summed E-state index contributed by atoms with van der Waals surface area (Å²) in [4.78, 5) is 24.8. The summed E-state index contributed by atoms with van der Waals surface area (Å²) >= 11 is 1.30. The molecule has 0 aliphatic rings. The predicted molar refractivity (Wildman–Crippen MR) is 108 cm³/mol. The summed E-state index contributed by atoms with van der Waals surface area (Å²) in [5.41, 5.74) is 0.711. The van der Waals surface area contributed by atoms with E-state index in [9.17, 15) is 14.9 Å². The van der Waals surface area contributed by atoms with E-state index in [0.717, 1.165) is 0 Å². The second kappa shape index (κ2) is 8.91. The summed E-state index contributed by atoms with van der Waals surface area (Å²) in [5.74, 6) is 1.30. The number of amides is 1. The molecule has 0 fully saturated rings. The highest BCUT2D eigenvalue weighted by Crippen LogP contribution is 2.26. The molecule has 0 aliphatic carbocycles. The maximum atomic E-state index is 12.7. The Morgan fingerprint density at radius 2 is 2.14 bits per heavy atom. The van der Waals surface area contributed by atoms with Crippen LogP contribution < -0.4 is 0 Å². The van der Waals surface area contributed by atoms with Crippen LogP contribution in [0.3, 0.4) is 0 Å². The molecule has 9 nitrogen and oxygen atoms in total. The number of nitro groups is 1. The number of hydrogen-bond donors (Lipinski definition) is 0. The number of benzene rings is 1. The average molecular weight is 415 g/mol. The Labute approximate surface area is 171 Å². The molecule has 3 aromatic rings. The van der Waals surface area contributed by atoms with Crippen molar-refractivity contribution in [2.75, 3.05) is 12.8 Å². The van der Waals surface area contributed by atoms with Gasteiger partial charge in [-0.2, -0.15) is 0 Å². The molecule has 2 aromatic heterocycles. The minimum Gasteiger partial charge on any atom is -0.461 e. The number of hydrogen-bond acceptors (Lipinski definition) is 7. The number of non-ortho nitro benzene ring substituents is 1. The number of thioether (sulfide) groups is 1. The highest BCUT2D eigenvalue weighted by molar-refractivity contribution is 7.99. The molecule has 2 heterocycles. The van der Waals surface area contributed by atoms with E-state index < -0.39 is 4.92 Å². The largest absolute Gasteiger partial charge is 0.461 e. The van der Waals surface area contributed by atoms with E-state index in [4.69, 9.17) is 4.42 Å². The van der Waals surface area contributed by atoms with Crippen LogP contribution in [-0.2, 0) is 11.3 Å². The van der Waals surface area contributed by atoms with Crippen LogP contribution in [0.15, 0.2) is 52.2 Å². The van der Waals surface area contributed by atoms with Gasteiger partial charge in [-0.25, -0.2) is 0 Å². The van der Waals surface area contributed by atoms with Crippen molar-refractivity contribution in [3.63, 3.8) is 0 Å². The van der Waals surface area contributed by atoms with Crippen LogP contribution >= 0.6 is 11.8 Å². The molecule has 0 bridgehead atoms. The second-order valence-corrected chi connectivity index (χ2v) is 7.29. The number of carbonyl (C=O) groups excluding carboxylic acids is 1. The Hall–Kier alpha value is -3.14. The van der Waals surface area contributed by atoms with Crippen molar-refractivity contribution in [1.29, 1.82) is 0 Å². The van der Waals surface area contributed by atoms with Gasteiger partial charge >= 0.3 is 0 Å². The summed E-state index contributed by atoms with van der Waals surface area (Å²) in [6.45, 7) is 4.45. The molecule has 1 aromatic carbocycles. The summed E-state index contributed by atoms with van der Waals surface area (Å²) in [5, 5.41) is 20.0. The first-order valence-corrected chi connectivity index (χ1v) is 10.0. The number of nitrogens with zero attached hydrogens (tertiary/aromatic N) is 5. The molecule has 10 heteroatoms. The molecule has 152 valence electrons. The molecule has 3 rings (SSSR count). The zero-order valence-corrected chi connectivity index (χ0v) is 17.1. The monoisotopic (exact) mass is 415 g/mol. The highest BCUT2D eigenvalue weighted by atomic mass is 32.2. The topological polar surface area (TPSA) is 107 Å². The van der Waals surface area contributed by atoms with Gasteiger partial charge in [0.2, 0.25) is 5.91 Å². The van der Waals surface area contributed by atoms with Crippen molar-refractivity contribution in [1.82, 2.24) is 19.7 Å². The van der Waals surface area contributed by atoms with E-state index in [-0.39, 0.29) is 23.4 Å². The van der Waals surface area contributed by atoms with Gasteiger partial charge in [0.1, 0.15) is 0 Å². The molecular formula is C19H21N5O4S. The van der Waals surface area contributed by atoms with E-state index in [1.54, 1.807) is 36.4 Å². The van der Waals surface area contributed by atoms with Crippen molar-refractivity contribution in [2.45, 2.75) is 31.6 Å². The molecular weight excluding hydrogens is 394 g/mol. The van der Waals surface area contributed by atoms with Crippen LogP contribution in [0, 0.1) is 10.1 Å². The van der Waals surface area contributed by atoms with Crippen LogP contribution in [0.2, 0.25) is 0 Å². The number of rotatable bonds is 8. The van der Waals surface area contributed by atoms with Crippen molar-refractivity contribution >= 4 is 23.4 Å². The van der Waals surface area contributed by atoms with Crippen molar-refractivity contribution in [3.8, 4) is 11.6 Å². The predicted octanol–water partition coefficient (Wildman–Crippen LogP) is 3.78. The van der Waals surface area contributed by atoms with Gasteiger partial charge in [-0.15, -0.1) is 10.2 Å². The zero-order valence-electron chi connectivity index (χ0n) is 16.3. The second-order valence-electron chi connectivity index (χ2n) is 6.35. The SMILES string of the molecule is CCn1c(SCC(=O)N(C)[C@@H](C)c2cccc([N+](=O)[O-])c2)nnc1-c1ccco1. The van der Waals surface area contributed by atoms with E-state index in [0.29, 0.717) is 28.8 Å². The van der Waals surface area contributed by atoms with Crippen LogP contribution in [-0.4, -0.2) is 43.3 Å². The zero-order chi connectivity index (χ0) is 21.0. The van der Waals surface area contributed by atoms with Gasteiger partial charge in [-0.3, -0.25) is 19.5 Å². The Balaban J connectivity index is 1.68. The van der Waals surface area contributed by atoms with Gasteiger partial charge in [-0.05, 0) is 31.5 Å². The van der Waals surface area contributed by atoms with Crippen molar-refractivity contribution in [3.05, 3.63) is 58.3 Å². The van der Waals surface area contributed by atoms with Gasteiger partial charge in [-0.1, -0.05) is 23.9 Å². The van der Waals surface area contributed by atoms with E-state index in [1.807, 2.05) is 24.5 Å². The summed E-state index contributed by atoms with van der Waals surface area (Å²) < 4.78 is 7.28. The molecule has 0 radical (unpaired) electrons. The third kappa shape index (κ3) is 4.48. The maximum absolute atomic E-state index is 12.7. The summed E-state index contributed by atoms with van der Waals surface area (Å²) in [6.07, 6.45) is 1.57. The van der Waals surface area contributed by atoms with Gasteiger partial charge in [0.25, 0.3) is 5.69 Å². The Bertz CT molecular complexity index is 1000. The molecule has 0 saturated heterocycles. The Morgan fingerprint density at radius 1 is 1.34 bits per heavy atom. The molecule has 1 atom stereocenters. The number of furan rings is 1. The van der Waals surface area contributed by atoms with Crippen LogP contribution in [0.25, 0.3) is 11.6 Å². The quantitative estimate of drug-likeness (QED) is 0.313. The van der Waals surface area contributed by atoms with Gasteiger partial charge in [0.05, 0.1) is 23.0 Å². The maximum Gasteiger partial charge on any atom is 0.269 e. The summed E-state index contributed by atoms with van der Waals surface area (Å²) in [7, 11) is 1.69. The molecule has 0 unspecified atom stereocenters. The van der Waals surface area contributed by atoms with Crippen LogP contribution in [0.5, 0.6) is 0 Å². The standard InChI is InChI=1S/C19H21N5O4S/c1-4-23-18(16-9-6-10-28-16)20-21-19(23)29-12-17(25)22(3)13(2)14-7-5-8-15(11-14)24(26)27/h5-11,13H,4,12H2,1-3H3/t13-/m0/s1. The minimum atomic E-state index is -0.442. The van der Waals surface area contributed by atoms with E-state index in [1.165, 1.54) is 23.9 Å². The lowest BCUT2D eigenvalue weighted by Gasteiger charge is -2.25. The lowest BCUT2D eigenvalue weighted by Crippen LogP contribution is -2.31. The Kier molecular flexibility index (Phi) is 6.32. The third-order valence-corrected chi connectivity index (χ3v) is 5.59. The smallest absolute Gasteiger partial charge is 0.269 e. The molecule has 0 saturated carbocycles. The average Bonchev–Trinajstić information content (AvgIpc) is 3.40. The molecule has 0 N–H and O–H groups in total. The summed E-state index contributed by atoms with van der Waals surface area (Å²) in [6, 6.07) is 9.61. The van der Waals surface area contributed by atoms with Gasteiger partial charge < -0.3 is 9.32 Å². The number of carbonyl (C=O) groups is 1.